The van der Waals surface area contributed by atoms with Gasteiger partial charge in [-0.25, -0.2) is 0 Å². The summed E-state index contributed by atoms with van der Waals surface area (Å²) in [4.78, 5) is 35.0. The molecule has 3 unspecified atom stereocenters. The molecule has 42 heavy (non-hydrogen) atoms. The molecule has 9 nitrogen and oxygen atoms in total. The van der Waals surface area contributed by atoms with E-state index in [-0.39, 0.29) is 31.2 Å². The number of ether oxygens (including phenoxy) is 3. The minimum atomic E-state index is -0.843. The Labute approximate surface area is 246 Å². The number of pyridine rings is 1. The highest BCUT2D eigenvalue weighted by molar-refractivity contribution is 5.94. The SMILES string of the molecule is CCCCN(C(=O)CN1CC(c2ccc3c(c2)CCO3)C(C(=O)O)C1CCc1cccc2c1OCO2)c1cccnc1. The summed E-state index contributed by atoms with van der Waals surface area (Å²) in [5.74, 6) is 0.486. The predicted molar refractivity (Wildman–Crippen MR) is 157 cm³/mol. The van der Waals surface area contributed by atoms with Crippen molar-refractivity contribution in [2.75, 3.05) is 37.9 Å². The van der Waals surface area contributed by atoms with E-state index in [0.29, 0.717) is 38.3 Å². The van der Waals surface area contributed by atoms with Gasteiger partial charge in [-0.05, 0) is 60.2 Å². The molecule has 9 heteroatoms. The molecule has 0 radical (unpaired) electrons. The number of likely N-dealkylation sites (tertiary alicyclic amines) is 1. The number of amides is 1. The third-order valence-electron chi connectivity index (χ3n) is 8.69. The molecule has 1 aromatic heterocycles. The van der Waals surface area contributed by atoms with Crippen molar-refractivity contribution >= 4 is 17.6 Å². The maximum atomic E-state index is 13.9. The van der Waals surface area contributed by atoms with Crippen LogP contribution in [-0.2, 0) is 22.4 Å². The van der Waals surface area contributed by atoms with Gasteiger partial charge >= 0.3 is 5.97 Å². The Balaban J connectivity index is 1.30. The zero-order valence-electron chi connectivity index (χ0n) is 23.9. The number of hydrogen-bond donors (Lipinski definition) is 1. The van der Waals surface area contributed by atoms with Crippen LogP contribution in [0.2, 0.25) is 0 Å². The molecule has 3 aliphatic heterocycles. The number of unbranched alkanes of at least 4 members (excludes halogenated alkanes) is 1. The normalized spacial score (nSPS) is 20.7. The lowest BCUT2D eigenvalue weighted by atomic mass is 9.83. The van der Waals surface area contributed by atoms with E-state index in [1.54, 1.807) is 17.3 Å². The Morgan fingerprint density at radius 1 is 1.10 bits per heavy atom. The molecule has 0 saturated carbocycles. The van der Waals surface area contributed by atoms with Crippen molar-refractivity contribution in [3.8, 4) is 17.2 Å². The van der Waals surface area contributed by atoms with Crippen LogP contribution in [0.1, 0.15) is 48.8 Å². The number of hydrogen-bond acceptors (Lipinski definition) is 7. The first-order valence-corrected chi connectivity index (χ1v) is 14.8. The third kappa shape index (κ3) is 5.66. The minimum absolute atomic E-state index is 0.0501. The Kier molecular flexibility index (Phi) is 8.28. The van der Waals surface area contributed by atoms with Gasteiger partial charge in [-0.1, -0.05) is 37.6 Å². The quantitative estimate of drug-likeness (QED) is 0.354. The number of carboxylic acid groups (broad SMARTS) is 1. The zero-order chi connectivity index (χ0) is 29.1. The van der Waals surface area contributed by atoms with Crippen LogP contribution >= 0.6 is 0 Å². The Morgan fingerprint density at radius 2 is 2.00 bits per heavy atom. The van der Waals surface area contributed by atoms with Gasteiger partial charge in [0.05, 0.1) is 31.0 Å². The Morgan fingerprint density at radius 3 is 2.81 bits per heavy atom. The lowest BCUT2D eigenvalue weighted by Crippen LogP contribution is -2.44. The summed E-state index contributed by atoms with van der Waals surface area (Å²) >= 11 is 0. The molecule has 3 aliphatic rings. The van der Waals surface area contributed by atoms with Gasteiger partial charge < -0.3 is 24.2 Å². The summed E-state index contributed by atoms with van der Waals surface area (Å²) in [7, 11) is 0. The molecule has 6 rings (SSSR count). The second kappa shape index (κ2) is 12.4. The van der Waals surface area contributed by atoms with E-state index in [9.17, 15) is 14.7 Å². The van der Waals surface area contributed by atoms with Crippen LogP contribution in [0.25, 0.3) is 0 Å². The van der Waals surface area contributed by atoms with Gasteiger partial charge in [0.1, 0.15) is 5.75 Å². The average Bonchev–Trinajstić information content (AvgIpc) is 3.75. The molecule has 2 aromatic carbocycles. The van der Waals surface area contributed by atoms with Crippen LogP contribution in [-0.4, -0.2) is 65.9 Å². The number of para-hydroxylation sites is 1. The average molecular weight is 572 g/mol. The van der Waals surface area contributed by atoms with Gasteiger partial charge in [-0.3, -0.25) is 19.5 Å². The predicted octanol–water partition coefficient (Wildman–Crippen LogP) is 4.68. The first kappa shape index (κ1) is 28.0. The van der Waals surface area contributed by atoms with E-state index in [4.69, 9.17) is 14.2 Å². The second-order valence-electron chi connectivity index (χ2n) is 11.2. The number of anilines is 1. The molecule has 4 heterocycles. The molecule has 1 amide bonds. The number of benzene rings is 2. The van der Waals surface area contributed by atoms with Crippen molar-refractivity contribution in [1.82, 2.24) is 9.88 Å². The Hall–Kier alpha value is -4.11. The topological polar surface area (TPSA) is 101 Å². The molecule has 3 atom stereocenters. The molecule has 1 fully saturated rings. The standard InChI is InChI=1S/C33H37N3O6/c1-2-3-15-36(25-7-5-14-34-18-25)30(37)20-35-19-26(23-10-12-28-24(17-23)13-16-40-28)31(33(38)39)27(35)11-9-22-6-4-8-29-32(22)42-21-41-29/h4-8,10,12,14,17-18,26-27,31H,2-3,9,11,13,15-16,19-21H2,1H3,(H,38,39). The third-order valence-corrected chi connectivity index (χ3v) is 8.69. The molecule has 0 aliphatic carbocycles. The number of fused-ring (bicyclic) bond motifs is 2. The van der Waals surface area contributed by atoms with Crippen molar-refractivity contribution in [1.29, 1.82) is 0 Å². The van der Waals surface area contributed by atoms with E-state index in [1.165, 1.54) is 0 Å². The smallest absolute Gasteiger partial charge is 0.308 e. The van der Waals surface area contributed by atoms with Gasteiger partial charge in [0.25, 0.3) is 0 Å². The van der Waals surface area contributed by atoms with Crippen LogP contribution < -0.4 is 19.1 Å². The number of nitrogens with zero attached hydrogens (tertiary/aromatic N) is 3. The fourth-order valence-electron chi connectivity index (χ4n) is 6.60. The van der Waals surface area contributed by atoms with E-state index in [1.807, 2.05) is 42.5 Å². The lowest BCUT2D eigenvalue weighted by Gasteiger charge is -2.29. The number of aryl methyl sites for hydroxylation is 1. The molecule has 0 bridgehead atoms. The van der Waals surface area contributed by atoms with E-state index in [0.717, 1.165) is 53.1 Å². The molecular weight excluding hydrogens is 534 g/mol. The fraction of sp³-hybridized carbons (Fsp3) is 0.424. The largest absolute Gasteiger partial charge is 0.493 e. The first-order chi connectivity index (χ1) is 20.5. The second-order valence-corrected chi connectivity index (χ2v) is 11.2. The van der Waals surface area contributed by atoms with Crippen molar-refractivity contribution in [2.45, 2.75) is 51.0 Å². The number of rotatable bonds is 11. The maximum absolute atomic E-state index is 13.9. The van der Waals surface area contributed by atoms with E-state index in [2.05, 4.69) is 22.9 Å². The fourth-order valence-corrected chi connectivity index (χ4v) is 6.60. The van der Waals surface area contributed by atoms with E-state index < -0.39 is 11.9 Å². The van der Waals surface area contributed by atoms with Crippen molar-refractivity contribution in [3.63, 3.8) is 0 Å². The van der Waals surface area contributed by atoms with Crippen LogP contribution in [0.4, 0.5) is 5.69 Å². The van der Waals surface area contributed by atoms with Gasteiger partial charge in [0.2, 0.25) is 12.7 Å². The number of carbonyl (C=O) groups excluding carboxylic acids is 1. The number of aromatic nitrogens is 1. The minimum Gasteiger partial charge on any atom is -0.493 e. The Bertz CT molecular complexity index is 1430. The highest BCUT2D eigenvalue weighted by Crippen LogP contribution is 2.43. The van der Waals surface area contributed by atoms with Crippen molar-refractivity contribution < 1.29 is 28.9 Å². The summed E-state index contributed by atoms with van der Waals surface area (Å²) in [6.07, 6.45) is 7.22. The maximum Gasteiger partial charge on any atom is 0.308 e. The molecule has 1 N–H and O–H groups in total. The summed E-state index contributed by atoms with van der Waals surface area (Å²) in [6.45, 7) is 4.12. The number of aliphatic carboxylic acids is 1. The highest BCUT2D eigenvalue weighted by atomic mass is 16.7. The van der Waals surface area contributed by atoms with Gasteiger partial charge in [0, 0.05) is 37.7 Å². The molecule has 220 valence electrons. The summed E-state index contributed by atoms with van der Waals surface area (Å²) in [5, 5.41) is 10.6. The summed E-state index contributed by atoms with van der Waals surface area (Å²) in [6, 6.07) is 15.2. The van der Waals surface area contributed by atoms with Gasteiger partial charge in [-0.2, -0.15) is 0 Å². The molecule has 1 saturated heterocycles. The van der Waals surface area contributed by atoms with E-state index >= 15 is 0 Å². The van der Waals surface area contributed by atoms with Crippen molar-refractivity contribution in [2.24, 2.45) is 5.92 Å². The van der Waals surface area contributed by atoms with Gasteiger partial charge in [-0.15, -0.1) is 0 Å². The zero-order valence-corrected chi connectivity index (χ0v) is 23.9. The van der Waals surface area contributed by atoms with Crippen LogP contribution in [0, 0.1) is 5.92 Å². The molecule has 0 spiro atoms. The number of carboxylic acids is 1. The van der Waals surface area contributed by atoms with Gasteiger partial charge in [0.15, 0.2) is 11.5 Å². The monoisotopic (exact) mass is 571 g/mol. The number of carbonyl (C=O) groups is 2. The summed E-state index contributed by atoms with van der Waals surface area (Å²) < 4.78 is 17.0. The first-order valence-electron chi connectivity index (χ1n) is 14.8. The lowest BCUT2D eigenvalue weighted by molar-refractivity contribution is -0.143. The molecule has 3 aromatic rings. The van der Waals surface area contributed by atoms with Crippen LogP contribution in [0.5, 0.6) is 17.2 Å². The van der Waals surface area contributed by atoms with Crippen molar-refractivity contribution in [3.05, 3.63) is 77.6 Å². The van der Waals surface area contributed by atoms with Crippen LogP contribution in [0.15, 0.2) is 60.9 Å². The highest BCUT2D eigenvalue weighted by Gasteiger charge is 2.47. The van der Waals surface area contributed by atoms with Crippen LogP contribution in [0.3, 0.4) is 0 Å². The molecular formula is C33H37N3O6. The summed E-state index contributed by atoms with van der Waals surface area (Å²) in [5.41, 5.74) is 3.84.